The van der Waals surface area contributed by atoms with Crippen LogP contribution in [0, 0.1) is 0 Å². The molecule has 1 saturated heterocycles. The minimum absolute atomic E-state index is 0.0293. The first-order chi connectivity index (χ1) is 18.8. The normalized spacial score (nSPS) is 16.0. The van der Waals surface area contributed by atoms with Crippen LogP contribution in [0.5, 0.6) is 5.75 Å². The number of nitrogens with one attached hydrogen (secondary N) is 1. The first kappa shape index (κ1) is 26.5. The molecule has 3 aromatic rings. The summed E-state index contributed by atoms with van der Waals surface area (Å²) in [5.74, 6) is 1.23. The molecule has 0 aliphatic carbocycles. The van der Waals surface area contributed by atoms with Gasteiger partial charge in [-0.15, -0.1) is 10.2 Å². The molecule has 2 aliphatic rings. The lowest BCUT2D eigenvalue weighted by Crippen LogP contribution is -2.48. The van der Waals surface area contributed by atoms with Crippen LogP contribution in [0.1, 0.15) is 25.7 Å². The molecule has 1 unspecified atom stereocenters. The number of piperazine rings is 1. The van der Waals surface area contributed by atoms with Crippen molar-refractivity contribution in [1.29, 1.82) is 0 Å². The van der Waals surface area contributed by atoms with E-state index in [0.29, 0.717) is 41.2 Å². The third kappa shape index (κ3) is 5.70. The van der Waals surface area contributed by atoms with Crippen molar-refractivity contribution < 1.29 is 19.1 Å². The van der Waals surface area contributed by atoms with Gasteiger partial charge in [0.1, 0.15) is 5.75 Å². The number of para-hydroxylation sites is 2. The lowest BCUT2D eigenvalue weighted by molar-refractivity contribution is -0.129. The molecule has 0 bridgehead atoms. The molecule has 3 amide bonds. The van der Waals surface area contributed by atoms with Gasteiger partial charge in [0.25, 0.3) is 5.91 Å². The largest absolute Gasteiger partial charge is 0.482 e. The standard InChI is InChI=1S/C27H31N7O4S/c1-18(34-22-6-4-5-7-23(22)38-16-25(34)37)26-29-30-27(31(26)3)39-17-24(36)28-20-8-10-21(11-9-20)33-14-12-32(13-15-33)19(2)35/h4-11,18H,12-17H2,1-3H3,(H,28,36). The van der Waals surface area contributed by atoms with Crippen LogP contribution in [-0.2, 0) is 21.4 Å². The zero-order valence-corrected chi connectivity index (χ0v) is 23.0. The summed E-state index contributed by atoms with van der Waals surface area (Å²) in [5.41, 5.74) is 2.47. The molecular formula is C27H31N7O4S. The van der Waals surface area contributed by atoms with Crippen molar-refractivity contribution in [3.63, 3.8) is 0 Å². The fraction of sp³-hybridized carbons (Fsp3) is 0.370. The van der Waals surface area contributed by atoms with Gasteiger partial charge in [0.15, 0.2) is 17.6 Å². The first-order valence-corrected chi connectivity index (χ1v) is 13.8. The number of ether oxygens (including phenoxy) is 1. The topological polar surface area (TPSA) is 113 Å². The number of hydrogen-bond acceptors (Lipinski definition) is 8. The van der Waals surface area contributed by atoms with E-state index in [1.54, 1.807) is 11.8 Å². The number of fused-ring (bicyclic) bond motifs is 1. The molecule has 0 radical (unpaired) electrons. The second kappa shape index (κ2) is 11.4. The number of aromatic nitrogens is 3. The summed E-state index contributed by atoms with van der Waals surface area (Å²) in [7, 11) is 1.83. The highest BCUT2D eigenvalue weighted by molar-refractivity contribution is 7.99. The molecular weight excluding hydrogens is 518 g/mol. The van der Waals surface area contributed by atoms with Crippen LogP contribution in [-0.4, -0.2) is 75.9 Å². The van der Waals surface area contributed by atoms with Gasteiger partial charge in [-0.05, 0) is 43.3 Å². The zero-order chi connectivity index (χ0) is 27.5. The van der Waals surface area contributed by atoms with Gasteiger partial charge in [0.2, 0.25) is 11.8 Å². The van der Waals surface area contributed by atoms with E-state index >= 15 is 0 Å². The molecule has 3 heterocycles. The van der Waals surface area contributed by atoms with Crippen molar-refractivity contribution in [1.82, 2.24) is 19.7 Å². The van der Waals surface area contributed by atoms with Crippen LogP contribution in [0.25, 0.3) is 0 Å². The molecule has 2 aromatic carbocycles. The first-order valence-electron chi connectivity index (χ1n) is 12.8. The van der Waals surface area contributed by atoms with Gasteiger partial charge in [-0.3, -0.25) is 19.3 Å². The van der Waals surface area contributed by atoms with Crippen molar-refractivity contribution in [3.05, 3.63) is 54.4 Å². The summed E-state index contributed by atoms with van der Waals surface area (Å²) in [6.07, 6.45) is 0. The van der Waals surface area contributed by atoms with Crippen molar-refractivity contribution in [2.75, 3.05) is 53.7 Å². The predicted molar refractivity (Wildman–Crippen MR) is 149 cm³/mol. The summed E-state index contributed by atoms with van der Waals surface area (Å²) < 4.78 is 7.37. The van der Waals surface area contributed by atoms with Gasteiger partial charge in [-0.25, -0.2) is 0 Å². The van der Waals surface area contributed by atoms with E-state index in [4.69, 9.17) is 4.74 Å². The minimum atomic E-state index is -0.368. The zero-order valence-electron chi connectivity index (χ0n) is 22.2. The van der Waals surface area contributed by atoms with Gasteiger partial charge < -0.3 is 24.4 Å². The Morgan fingerprint density at radius 3 is 2.49 bits per heavy atom. The third-order valence-electron chi connectivity index (χ3n) is 6.95. The van der Waals surface area contributed by atoms with E-state index < -0.39 is 0 Å². The molecule has 0 saturated carbocycles. The maximum absolute atomic E-state index is 12.7. The third-order valence-corrected chi connectivity index (χ3v) is 7.97. The molecule has 11 nitrogen and oxygen atoms in total. The molecule has 39 heavy (non-hydrogen) atoms. The number of amides is 3. The number of anilines is 3. The predicted octanol–water partition coefficient (Wildman–Crippen LogP) is 2.70. The highest BCUT2D eigenvalue weighted by Crippen LogP contribution is 2.37. The number of carbonyl (C=O) groups is 3. The molecule has 1 aromatic heterocycles. The molecule has 12 heteroatoms. The molecule has 0 spiro atoms. The van der Waals surface area contributed by atoms with Crippen LogP contribution in [0.4, 0.5) is 17.1 Å². The molecule has 1 atom stereocenters. The van der Waals surface area contributed by atoms with Crippen LogP contribution in [0.15, 0.2) is 53.7 Å². The average Bonchev–Trinajstić information content (AvgIpc) is 3.32. The second-order valence-electron chi connectivity index (χ2n) is 9.47. The Kier molecular flexibility index (Phi) is 7.73. The quantitative estimate of drug-likeness (QED) is 0.448. The molecule has 2 aliphatic heterocycles. The maximum atomic E-state index is 12.7. The summed E-state index contributed by atoms with van der Waals surface area (Å²) >= 11 is 1.28. The second-order valence-corrected chi connectivity index (χ2v) is 10.4. The number of hydrogen-bond donors (Lipinski definition) is 1. The fourth-order valence-corrected chi connectivity index (χ4v) is 5.56. The maximum Gasteiger partial charge on any atom is 0.265 e. The Hall–Kier alpha value is -4.06. The number of nitrogens with zero attached hydrogens (tertiary/aromatic N) is 6. The van der Waals surface area contributed by atoms with Gasteiger partial charge in [-0.2, -0.15) is 0 Å². The van der Waals surface area contributed by atoms with E-state index in [2.05, 4.69) is 20.4 Å². The Labute approximate surface area is 231 Å². The van der Waals surface area contributed by atoms with Crippen LogP contribution in [0.3, 0.4) is 0 Å². The van der Waals surface area contributed by atoms with E-state index in [1.807, 2.05) is 72.0 Å². The van der Waals surface area contributed by atoms with E-state index in [1.165, 1.54) is 11.8 Å². The summed E-state index contributed by atoms with van der Waals surface area (Å²) in [6, 6.07) is 14.8. The Morgan fingerprint density at radius 2 is 1.77 bits per heavy atom. The Balaban J connectivity index is 1.16. The number of thioether (sulfide) groups is 1. The Bertz CT molecular complexity index is 1370. The van der Waals surface area contributed by atoms with Crippen LogP contribution < -0.4 is 19.9 Å². The fourth-order valence-electron chi connectivity index (χ4n) is 4.84. The lowest BCUT2D eigenvalue weighted by atomic mass is 10.1. The molecule has 1 fully saturated rings. The number of rotatable bonds is 7. The molecule has 204 valence electrons. The van der Waals surface area contributed by atoms with Crippen molar-refractivity contribution >= 4 is 46.5 Å². The van der Waals surface area contributed by atoms with Crippen molar-refractivity contribution in [2.24, 2.45) is 7.05 Å². The van der Waals surface area contributed by atoms with Crippen LogP contribution >= 0.6 is 11.8 Å². The summed E-state index contributed by atoms with van der Waals surface area (Å²) in [5, 5.41) is 12.1. The molecule has 5 rings (SSSR count). The van der Waals surface area contributed by atoms with Crippen molar-refractivity contribution in [2.45, 2.75) is 25.0 Å². The summed E-state index contributed by atoms with van der Waals surface area (Å²) in [4.78, 5) is 42.6. The van der Waals surface area contributed by atoms with Gasteiger partial charge in [0.05, 0.1) is 17.5 Å². The van der Waals surface area contributed by atoms with E-state index in [0.717, 1.165) is 18.8 Å². The van der Waals surface area contributed by atoms with Crippen LogP contribution in [0.2, 0.25) is 0 Å². The van der Waals surface area contributed by atoms with Gasteiger partial charge in [-0.1, -0.05) is 23.9 Å². The smallest absolute Gasteiger partial charge is 0.265 e. The highest BCUT2D eigenvalue weighted by atomic mass is 32.2. The monoisotopic (exact) mass is 549 g/mol. The minimum Gasteiger partial charge on any atom is -0.482 e. The van der Waals surface area contributed by atoms with Gasteiger partial charge >= 0.3 is 0 Å². The van der Waals surface area contributed by atoms with E-state index in [-0.39, 0.29) is 36.1 Å². The summed E-state index contributed by atoms with van der Waals surface area (Å²) in [6.45, 7) is 6.46. The average molecular weight is 550 g/mol. The Morgan fingerprint density at radius 1 is 1.05 bits per heavy atom. The SMILES string of the molecule is CC(=O)N1CCN(c2ccc(NC(=O)CSc3nnc(C(C)N4C(=O)COc5ccccc54)n3C)cc2)CC1. The highest BCUT2D eigenvalue weighted by Gasteiger charge is 2.32. The van der Waals surface area contributed by atoms with Crippen molar-refractivity contribution in [3.8, 4) is 5.75 Å². The lowest BCUT2D eigenvalue weighted by Gasteiger charge is -2.35. The number of carbonyl (C=O) groups excluding carboxylic acids is 3. The van der Waals surface area contributed by atoms with Gasteiger partial charge in [0, 0.05) is 51.5 Å². The number of benzene rings is 2. The van der Waals surface area contributed by atoms with E-state index in [9.17, 15) is 14.4 Å². The molecule has 1 N–H and O–H groups in total.